The molecule has 1 saturated carbocycles. The minimum absolute atomic E-state index is 0.519. The van der Waals surface area contributed by atoms with Crippen LogP contribution in [0.25, 0.3) is 11.6 Å². The fourth-order valence-corrected chi connectivity index (χ4v) is 2.19. The molecular weight excluding hydrogens is 236 g/mol. The highest BCUT2D eigenvalue weighted by molar-refractivity contribution is 5.87. The van der Waals surface area contributed by atoms with Crippen LogP contribution in [0.5, 0.6) is 0 Å². The van der Waals surface area contributed by atoms with Crippen LogP contribution in [-0.2, 0) is 0 Å². The zero-order valence-electron chi connectivity index (χ0n) is 10.7. The fraction of sp³-hybridized carbons (Fsp3) is 0.250. The normalized spacial score (nSPS) is 22.0. The average molecular weight is 250 g/mol. The lowest BCUT2D eigenvalue weighted by Gasteiger charge is -1.96. The van der Waals surface area contributed by atoms with Crippen molar-refractivity contribution in [1.29, 1.82) is 5.26 Å². The molecule has 0 radical (unpaired) electrons. The van der Waals surface area contributed by atoms with Crippen molar-refractivity contribution in [2.45, 2.75) is 19.3 Å². The maximum absolute atomic E-state index is 9.21. The lowest BCUT2D eigenvalue weighted by molar-refractivity contribution is 0.498. The van der Waals surface area contributed by atoms with Gasteiger partial charge in [0.05, 0.1) is 11.3 Å². The van der Waals surface area contributed by atoms with Gasteiger partial charge in [-0.25, -0.2) is 0 Å². The molecule has 0 aliphatic heterocycles. The molecular formula is C16H14N2O. The van der Waals surface area contributed by atoms with Crippen LogP contribution in [0.3, 0.4) is 0 Å². The molecule has 0 bridgehead atoms. The molecule has 0 saturated heterocycles. The third kappa shape index (κ3) is 2.43. The van der Waals surface area contributed by atoms with Gasteiger partial charge in [0.2, 0.25) is 0 Å². The Bertz CT molecular complexity index is 649. The van der Waals surface area contributed by atoms with Gasteiger partial charge in [-0.3, -0.25) is 4.98 Å². The van der Waals surface area contributed by atoms with Crippen LogP contribution in [-0.4, -0.2) is 4.98 Å². The molecule has 2 aromatic heterocycles. The first-order chi connectivity index (χ1) is 9.28. The highest BCUT2D eigenvalue weighted by atomic mass is 16.3. The predicted octanol–water partition coefficient (Wildman–Crippen LogP) is 3.86. The molecule has 3 heteroatoms. The number of pyridine rings is 1. The molecule has 0 spiro atoms. The molecule has 19 heavy (non-hydrogen) atoms. The molecule has 2 heterocycles. The number of aromatic nitrogens is 1. The van der Waals surface area contributed by atoms with E-state index in [1.165, 1.54) is 6.42 Å². The molecule has 1 fully saturated rings. The van der Waals surface area contributed by atoms with E-state index in [0.717, 1.165) is 11.5 Å². The van der Waals surface area contributed by atoms with E-state index in [-0.39, 0.29) is 0 Å². The first-order valence-electron chi connectivity index (χ1n) is 6.41. The van der Waals surface area contributed by atoms with Crippen molar-refractivity contribution < 1.29 is 4.42 Å². The average Bonchev–Trinajstić information content (AvgIpc) is 3.00. The van der Waals surface area contributed by atoms with Crippen molar-refractivity contribution in [3.05, 3.63) is 53.7 Å². The molecule has 3 rings (SSSR count). The summed E-state index contributed by atoms with van der Waals surface area (Å²) in [5, 5.41) is 9.21. The molecule has 2 atom stereocenters. The lowest BCUT2D eigenvalue weighted by Crippen LogP contribution is -1.85. The third-order valence-corrected chi connectivity index (χ3v) is 3.47. The summed E-state index contributed by atoms with van der Waals surface area (Å²) in [5.74, 6) is 3.02. The van der Waals surface area contributed by atoms with Crippen LogP contribution in [0, 0.1) is 17.2 Å². The van der Waals surface area contributed by atoms with Gasteiger partial charge in [0.15, 0.2) is 0 Å². The van der Waals surface area contributed by atoms with Crippen LogP contribution in [0.4, 0.5) is 0 Å². The number of nitrogens with zero attached hydrogens (tertiary/aromatic N) is 2. The second-order valence-electron chi connectivity index (χ2n) is 4.94. The Morgan fingerprint density at radius 1 is 1.42 bits per heavy atom. The van der Waals surface area contributed by atoms with Gasteiger partial charge in [-0.05, 0) is 36.6 Å². The zero-order chi connectivity index (χ0) is 13.2. The number of hydrogen-bond acceptors (Lipinski definition) is 3. The summed E-state index contributed by atoms with van der Waals surface area (Å²) >= 11 is 0. The molecule has 0 amide bonds. The highest BCUT2D eigenvalue weighted by Crippen LogP contribution is 2.47. The number of hydrogen-bond donors (Lipinski definition) is 0. The summed E-state index contributed by atoms with van der Waals surface area (Å²) < 4.78 is 5.78. The molecule has 0 N–H and O–H groups in total. The predicted molar refractivity (Wildman–Crippen MR) is 73.0 cm³/mol. The van der Waals surface area contributed by atoms with Crippen LogP contribution in [0.1, 0.15) is 36.5 Å². The first-order valence-corrected chi connectivity index (χ1v) is 6.41. The van der Waals surface area contributed by atoms with Crippen molar-refractivity contribution in [1.82, 2.24) is 4.98 Å². The Kier molecular flexibility index (Phi) is 2.92. The number of allylic oxidation sites excluding steroid dienone is 1. The minimum atomic E-state index is 0.519. The second kappa shape index (κ2) is 4.74. The van der Waals surface area contributed by atoms with Gasteiger partial charge in [0.25, 0.3) is 0 Å². The summed E-state index contributed by atoms with van der Waals surface area (Å²) in [6, 6.07) is 11.6. The molecule has 1 aliphatic carbocycles. The smallest absolute Gasteiger partial charge is 0.128 e. The maximum Gasteiger partial charge on any atom is 0.128 e. The maximum atomic E-state index is 9.21. The Labute approximate surface area is 112 Å². The van der Waals surface area contributed by atoms with Gasteiger partial charge in [0, 0.05) is 18.2 Å². The molecule has 2 aromatic rings. The highest BCUT2D eigenvalue weighted by Gasteiger charge is 2.36. The van der Waals surface area contributed by atoms with Crippen molar-refractivity contribution in [2.75, 3.05) is 0 Å². The van der Waals surface area contributed by atoms with Gasteiger partial charge in [-0.2, -0.15) is 5.26 Å². The summed E-state index contributed by atoms with van der Waals surface area (Å²) in [6.45, 7) is 2.22. The first kappa shape index (κ1) is 11.7. The largest absolute Gasteiger partial charge is 0.461 e. The summed E-state index contributed by atoms with van der Waals surface area (Å²) in [7, 11) is 0. The summed E-state index contributed by atoms with van der Waals surface area (Å²) in [5.41, 5.74) is 1.19. The fourth-order valence-electron chi connectivity index (χ4n) is 2.19. The monoisotopic (exact) mass is 250 g/mol. The molecule has 94 valence electrons. The van der Waals surface area contributed by atoms with Crippen LogP contribution in [0.2, 0.25) is 0 Å². The van der Waals surface area contributed by atoms with E-state index in [1.807, 2.05) is 30.3 Å². The van der Waals surface area contributed by atoms with E-state index >= 15 is 0 Å². The van der Waals surface area contributed by atoms with Gasteiger partial charge in [-0.1, -0.05) is 13.0 Å². The van der Waals surface area contributed by atoms with E-state index in [0.29, 0.717) is 23.1 Å². The summed E-state index contributed by atoms with van der Waals surface area (Å²) in [4.78, 5) is 4.18. The Balaban J connectivity index is 1.87. The molecule has 0 aromatic carbocycles. The van der Waals surface area contributed by atoms with E-state index < -0.39 is 0 Å². The molecule has 0 unspecified atom stereocenters. The SMILES string of the molecule is C[C@H]1C[C@@H]1c1ccc(/C=C(\C#N)c2ccccn2)o1. The van der Waals surface area contributed by atoms with Crippen molar-refractivity contribution in [3.63, 3.8) is 0 Å². The number of furan rings is 1. The lowest BCUT2D eigenvalue weighted by atomic mass is 10.1. The van der Waals surface area contributed by atoms with E-state index in [4.69, 9.17) is 4.42 Å². The number of rotatable bonds is 3. The third-order valence-electron chi connectivity index (χ3n) is 3.47. The van der Waals surface area contributed by atoms with E-state index in [9.17, 15) is 5.26 Å². The van der Waals surface area contributed by atoms with Crippen LogP contribution in [0.15, 0.2) is 40.9 Å². The quantitative estimate of drug-likeness (QED) is 0.777. The van der Waals surface area contributed by atoms with Crippen LogP contribution < -0.4 is 0 Å². The Morgan fingerprint density at radius 3 is 2.89 bits per heavy atom. The number of nitriles is 1. The topological polar surface area (TPSA) is 49.8 Å². The van der Waals surface area contributed by atoms with Crippen LogP contribution >= 0.6 is 0 Å². The van der Waals surface area contributed by atoms with Crippen molar-refractivity contribution in [2.24, 2.45) is 5.92 Å². The van der Waals surface area contributed by atoms with Gasteiger partial charge >= 0.3 is 0 Å². The summed E-state index contributed by atoms with van der Waals surface area (Å²) in [6.07, 6.45) is 4.63. The zero-order valence-corrected chi connectivity index (χ0v) is 10.7. The second-order valence-corrected chi connectivity index (χ2v) is 4.94. The van der Waals surface area contributed by atoms with Crippen molar-refractivity contribution in [3.8, 4) is 6.07 Å². The molecule has 1 aliphatic rings. The Hall–Kier alpha value is -2.34. The van der Waals surface area contributed by atoms with Crippen molar-refractivity contribution >= 4 is 11.6 Å². The molecule has 3 nitrogen and oxygen atoms in total. The standard InChI is InChI=1S/C16H14N2O/c1-11-8-14(11)16-6-5-13(19-16)9-12(10-17)15-4-2-3-7-18-15/h2-7,9,11,14H,8H2,1H3/b12-9+/t11-,14-/m0/s1. The van der Waals surface area contributed by atoms with E-state index in [2.05, 4.69) is 18.0 Å². The minimum Gasteiger partial charge on any atom is -0.461 e. The van der Waals surface area contributed by atoms with Gasteiger partial charge in [-0.15, -0.1) is 0 Å². The Morgan fingerprint density at radius 2 is 2.26 bits per heavy atom. The van der Waals surface area contributed by atoms with Gasteiger partial charge < -0.3 is 4.42 Å². The van der Waals surface area contributed by atoms with E-state index in [1.54, 1.807) is 12.3 Å². The van der Waals surface area contributed by atoms with Gasteiger partial charge in [0.1, 0.15) is 17.6 Å².